The van der Waals surface area contributed by atoms with Crippen molar-refractivity contribution >= 4 is 34.8 Å². The van der Waals surface area contributed by atoms with E-state index < -0.39 is 0 Å². The van der Waals surface area contributed by atoms with Gasteiger partial charge in [-0.25, -0.2) is 0 Å². The molecule has 3 rings (SSSR count). The summed E-state index contributed by atoms with van der Waals surface area (Å²) in [4.78, 5) is 24.9. The van der Waals surface area contributed by atoms with Crippen molar-refractivity contribution in [2.75, 3.05) is 5.32 Å². The average molecular weight is 418 g/mol. The zero-order valence-corrected chi connectivity index (χ0v) is 17.6. The first-order chi connectivity index (χ1) is 14.4. The molecule has 5 nitrogen and oxygen atoms in total. The van der Waals surface area contributed by atoms with Crippen LogP contribution in [0.15, 0.2) is 78.9 Å². The summed E-state index contributed by atoms with van der Waals surface area (Å²) >= 11 is 5.24. The molecule has 1 unspecified atom stereocenters. The Morgan fingerprint density at radius 2 is 1.50 bits per heavy atom. The third-order valence-electron chi connectivity index (χ3n) is 4.54. The Kier molecular flexibility index (Phi) is 6.93. The van der Waals surface area contributed by atoms with Crippen molar-refractivity contribution in [2.45, 2.75) is 19.9 Å². The van der Waals surface area contributed by atoms with E-state index in [1.54, 1.807) is 36.4 Å². The minimum absolute atomic E-state index is 0.120. The first-order valence-corrected chi connectivity index (χ1v) is 9.98. The number of benzene rings is 3. The number of hydrogen-bond acceptors (Lipinski definition) is 3. The molecular weight excluding hydrogens is 394 g/mol. The van der Waals surface area contributed by atoms with Gasteiger partial charge in [0.15, 0.2) is 5.11 Å². The van der Waals surface area contributed by atoms with E-state index in [1.165, 1.54) is 0 Å². The average Bonchev–Trinajstić information content (AvgIpc) is 2.74. The van der Waals surface area contributed by atoms with E-state index in [9.17, 15) is 9.59 Å². The van der Waals surface area contributed by atoms with Crippen molar-refractivity contribution in [1.82, 2.24) is 10.6 Å². The van der Waals surface area contributed by atoms with Crippen molar-refractivity contribution in [3.8, 4) is 0 Å². The van der Waals surface area contributed by atoms with Crippen molar-refractivity contribution in [3.05, 3.63) is 101 Å². The molecule has 3 N–H and O–H groups in total. The van der Waals surface area contributed by atoms with Crippen molar-refractivity contribution in [2.24, 2.45) is 0 Å². The minimum atomic E-state index is -0.290. The van der Waals surface area contributed by atoms with Crippen LogP contribution in [-0.2, 0) is 0 Å². The number of amides is 2. The van der Waals surface area contributed by atoms with Gasteiger partial charge in [-0.15, -0.1) is 0 Å². The van der Waals surface area contributed by atoms with Crippen LogP contribution in [0.1, 0.15) is 44.8 Å². The van der Waals surface area contributed by atoms with Gasteiger partial charge in [0.25, 0.3) is 11.8 Å². The van der Waals surface area contributed by atoms with E-state index >= 15 is 0 Å². The van der Waals surface area contributed by atoms with Crippen LogP contribution in [0, 0.1) is 6.92 Å². The van der Waals surface area contributed by atoms with Gasteiger partial charge in [0.1, 0.15) is 0 Å². The first kappa shape index (κ1) is 21.2. The molecule has 152 valence electrons. The zero-order valence-electron chi connectivity index (χ0n) is 16.8. The number of thiocarbonyl (C=S) groups is 1. The van der Waals surface area contributed by atoms with E-state index in [0.717, 1.165) is 11.1 Å². The van der Waals surface area contributed by atoms with E-state index in [-0.39, 0.29) is 23.0 Å². The summed E-state index contributed by atoms with van der Waals surface area (Å²) in [6.07, 6.45) is 0. The molecule has 6 heteroatoms. The molecule has 0 aromatic heterocycles. The van der Waals surface area contributed by atoms with Crippen LogP contribution in [0.25, 0.3) is 0 Å². The molecule has 0 bridgehead atoms. The van der Waals surface area contributed by atoms with E-state index in [1.807, 2.05) is 56.3 Å². The quantitative estimate of drug-likeness (QED) is 0.530. The molecular formula is C24H23N3O2S. The molecule has 1 atom stereocenters. The van der Waals surface area contributed by atoms with Gasteiger partial charge in [-0.05, 0) is 62.0 Å². The Morgan fingerprint density at radius 1 is 0.833 bits per heavy atom. The van der Waals surface area contributed by atoms with Crippen LogP contribution in [0.3, 0.4) is 0 Å². The van der Waals surface area contributed by atoms with Crippen LogP contribution in [0.2, 0.25) is 0 Å². The fourth-order valence-electron chi connectivity index (χ4n) is 2.97. The number of hydrogen-bond donors (Lipinski definition) is 3. The maximum absolute atomic E-state index is 12.6. The summed E-state index contributed by atoms with van der Waals surface area (Å²) in [5.41, 5.74) is 3.66. The third kappa shape index (κ3) is 5.75. The third-order valence-corrected chi connectivity index (χ3v) is 4.74. The van der Waals surface area contributed by atoms with Gasteiger partial charge in [0.05, 0.1) is 6.04 Å². The summed E-state index contributed by atoms with van der Waals surface area (Å²) in [5.74, 6) is -0.480. The fraction of sp³-hybridized carbons (Fsp3) is 0.125. The Bertz CT molecular complexity index is 1070. The van der Waals surface area contributed by atoms with Gasteiger partial charge in [-0.1, -0.05) is 54.1 Å². The fourth-order valence-corrected chi connectivity index (χ4v) is 3.18. The van der Waals surface area contributed by atoms with E-state index in [2.05, 4.69) is 16.0 Å². The molecule has 0 spiro atoms. The van der Waals surface area contributed by atoms with Crippen LogP contribution in [0.4, 0.5) is 5.69 Å². The van der Waals surface area contributed by atoms with Gasteiger partial charge in [0.2, 0.25) is 0 Å². The molecule has 0 heterocycles. The smallest absolute Gasteiger partial charge is 0.257 e. The highest BCUT2D eigenvalue weighted by Crippen LogP contribution is 2.15. The molecule has 3 aromatic rings. The minimum Gasteiger partial charge on any atom is -0.346 e. The molecule has 0 saturated carbocycles. The second-order valence-corrected chi connectivity index (χ2v) is 7.37. The number of nitrogens with one attached hydrogen (secondary N) is 3. The highest BCUT2D eigenvalue weighted by molar-refractivity contribution is 7.80. The van der Waals surface area contributed by atoms with Crippen LogP contribution in [0.5, 0.6) is 0 Å². The molecule has 0 aliphatic heterocycles. The SMILES string of the molecule is Cc1cccc(C(=O)NC(=S)Nc2cccc(C(=O)NC(C)c3ccccc3)c2)c1. The standard InChI is InChI=1S/C24H23N3O2S/c1-16-8-6-11-19(14-16)23(29)27-24(30)26-21-13-7-12-20(15-21)22(28)25-17(2)18-9-4-3-5-10-18/h3-15,17H,1-2H3,(H,25,28)(H2,26,27,29,30). The number of rotatable bonds is 5. The lowest BCUT2D eigenvalue weighted by Gasteiger charge is -2.15. The summed E-state index contributed by atoms with van der Waals surface area (Å²) in [5, 5.41) is 8.76. The van der Waals surface area contributed by atoms with Gasteiger partial charge in [-0.3, -0.25) is 14.9 Å². The van der Waals surface area contributed by atoms with E-state index in [4.69, 9.17) is 12.2 Å². The van der Waals surface area contributed by atoms with Gasteiger partial charge < -0.3 is 10.6 Å². The molecule has 0 saturated heterocycles. The monoisotopic (exact) mass is 417 g/mol. The summed E-state index contributed by atoms with van der Waals surface area (Å²) in [7, 11) is 0. The molecule has 2 amide bonds. The van der Waals surface area contributed by atoms with Gasteiger partial charge >= 0.3 is 0 Å². The van der Waals surface area contributed by atoms with Crippen molar-refractivity contribution in [3.63, 3.8) is 0 Å². The normalized spacial score (nSPS) is 11.3. The second kappa shape index (κ2) is 9.80. The Morgan fingerprint density at radius 3 is 2.20 bits per heavy atom. The molecule has 3 aromatic carbocycles. The van der Waals surface area contributed by atoms with Gasteiger partial charge in [0, 0.05) is 16.8 Å². The lowest BCUT2D eigenvalue weighted by molar-refractivity contribution is 0.0938. The van der Waals surface area contributed by atoms with Crippen LogP contribution in [-0.4, -0.2) is 16.9 Å². The predicted molar refractivity (Wildman–Crippen MR) is 124 cm³/mol. The number of carbonyl (C=O) groups is 2. The highest BCUT2D eigenvalue weighted by atomic mass is 32.1. The lowest BCUT2D eigenvalue weighted by atomic mass is 10.1. The lowest BCUT2D eigenvalue weighted by Crippen LogP contribution is -2.34. The second-order valence-electron chi connectivity index (χ2n) is 6.96. The Hall–Kier alpha value is -3.51. The molecule has 0 aliphatic carbocycles. The van der Waals surface area contributed by atoms with Crippen molar-refractivity contribution < 1.29 is 9.59 Å². The topological polar surface area (TPSA) is 70.2 Å². The van der Waals surface area contributed by atoms with Crippen molar-refractivity contribution in [1.29, 1.82) is 0 Å². The maximum Gasteiger partial charge on any atom is 0.257 e. The number of aryl methyl sites for hydroxylation is 1. The van der Waals surface area contributed by atoms with E-state index in [0.29, 0.717) is 16.8 Å². The molecule has 0 fully saturated rings. The summed E-state index contributed by atoms with van der Waals surface area (Å²) in [6, 6.07) is 23.9. The zero-order chi connectivity index (χ0) is 21.5. The van der Waals surface area contributed by atoms with Gasteiger partial charge in [-0.2, -0.15) is 0 Å². The predicted octanol–water partition coefficient (Wildman–Crippen LogP) is 4.61. The largest absolute Gasteiger partial charge is 0.346 e. The Balaban J connectivity index is 1.61. The highest BCUT2D eigenvalue weighted by Gasteiger charge is 2.13. The number of anilines is 1. The Labute approximate surface area is 181 Å². The summed E-state index contributed by atoms with van der Waals surface area (Å²) < 4.78 is 0. The summed E-state index contributed by atoms with van der Waals surface area (Å²) in [6.45, 7) is 3.85. The number of carbonyl (C=O) groups excluding carboxylic acids is 2. The molecule has 30 heavy (non-hydrogen) atoms. The molecule has 0 aliphatic rings. The van der Waals surface area contributed by atoms with Crippen LogP contribution >= 0.6 is 12.2 Å². The first-order valence-electron chi connectivity index (χ1n) is 9.57. The maximum atomic E-state index is 12.6. The van der Waals surface area contributed by atoms with Crippen LogP contribution < -0.4 is 16.0 Å². The molecule has 0 radical (unpaired) electrons.